The smallest absolute Gasteiger partial charge is 0.269 e. The summed E-state index contributed by atoms with van der Waals surface area (Å²) in [5, 5.41) is 23.1. The van der Waals surface area contributed by atoms with Gasteiger partial charge in [0.05, 0.1) is 29.5 Å². The fourth-order valence-electron chi connectivity index (χ4n) is 2.41. The molecule has 1 aromatic rings. The minimum Gasteiger partial charge on any atom is -0.390 e. The molecule has 0 saturated carbocycles. The average molecular weight is 369 g/mol. The van der Waals surface area contributed by atoms with Crippen LogP contribution in [0.5, 0.6) is 0 Å². The van der Waals surface area contributed by atoms with Crippen LogP contribution in [0.15, 0.2) is 29.2 Å². The van der Waals surface area contributed by atoms with E-state index in [1.165, 1.54) is 23.9 Å². The quantitative estimate of drug-likeness (QED) is 0.398. The molecule has 1 aromatic carbocycles. The van der Waals surface area contributed by atoms with Gasteiger partial charge in [-0.2, -0.15) is 0 Å². The summed E-state index contributed by atoms with van der Waals surface area (Å²) in [5.74, 6) is -0.176. The van der Waals surface area contributed by atoms with E-state index in [-0.39, 0.29) is 23.4 Å². The number of nitro groups is 1. The van der Waals surface area contributed by atoms with Crippen LogP contribution in [0.2, 0.25) is 0 Å². The van der Waals surface area contributed by atoms with Gasteiger partial charge in [-0.3, -0.25) is 19.8 Å². The number of carbonyl (C=O) groups is 1. The van der Waals surface area contributed by atoms with E-state index >= 15 is 0 Å². The van der Waals surface area contributed by atoms with Gasteiger partial charge >= 0.3 is 0 Å². The standard InChI is InChI=1S/C16H23N3O5S/c1-12(25-15-4-2-13(3-5-15)19(22)23)16(21)17-10-14(20)11-18-6-8-24-9-7-18/h2-5,12,14,20H,6-11H2,1H3,(H,17,21)/t12-,14+/m0/s1. The number of β-amino-alcohol motifs (C(OH)–C–C–N with tert-alkyl or cyclic N) is 1. The molecule has 8 nitrogen and oxygen atoms in total. The lowest BCUT2D eigenvalue weighted by molar-refractivity contribution is -0.384. The highest BCUT2D eigenvalue weighted by atomic mass is 32.2. The van der Waals surface area contributed by atoms with E-state index in [1.54, 1.807) is 19.1 Å². The van der Waals surface area contributed by atoms with Gasteiger partial charge in [0.15, 0.2) is 0 Å². The summed E-state index contributed by atoms with van der Waals surface area (Å²) in [7, 11) is 0. The number of carbonyl (C=O) groups excluding carboxylic acids is 1. The molecule has 2 N–H and O–H groups in total. The first-order valence-electron chi connectivity index (χ1n) is 8.12. The number of aliphatic hydroxyl groups is 1. The predicted molar refractivity (Wildman–Crippen MR) is 94.7 cm³/mol. The number of rotatable bonds is 8. The first-order chi connectivity index (χ1) is 12.0. The van der Waals surface area contributed by atoms with Crippen molar-refractivity contribution in [3.05, 3.63) is 34.4 Å². The van der Waals surface area contributed by atoms with Crippen LogP contribution in [-0.4, -0.2) is 71.6 Å². The Bertz CT molecular complexity index is 578. The van der Waals surface area contributed by atoms with Gasteiger partial charge in [-0.1, -0.05) is 0 Å². The lowest BCUT2D eigenvalue weighted by Gasteiger charge is -2.28. The zero-order chi connectivity index (χ0) is 18.2. The van der Waals surface area contributed by atoms with Crippen LogP contribution in [0.3, 0.4) is 0 Å². The van der Waals surface area contributed by atoms with Crippen LogP contribution in [0.1, 0.15) is 6.92 Å². The Hall–Kier alpha value is -1.68. The van der Waals surface area contributed by atoms with Crippen LogP contribution < -0.4 is 5.32 Å². The molecule has 0 aromatic heterocycles. The normalized spacial score (nSPS) is 17.7. The number of non-ortho nitro benzene ring substituents is 1. The number of nitro benzene ring substituents is 1. The van der Waals surface area contributed by atoms with Crippen molar-refractivity contribution in [1.82, 2.24) is 10.2 Å². The number of hydrogen-bond donors (Lipinski definition) is 2. The van der Waals surface area contributed by atoms with Gasteiger partial charge in [0, 0.05) is 43.2 Å². The molecule has 0 radical (unpaired) electrons. The number of morpholine rings is 1. The molecule has 0 aliphatic carbocycles. The van der Waals surface area contributed by atoms with E-state index in [0.717, 1.165) is 18.0 Å². The van der Waals surface area contributed by atoms with E-state index in [1.807, 2.05) is 0 Å². The van der Waals surface area contributed by atoms with Crippen molar-refractivity contribution in [3.63, 3.8) is 0 Å². The van der Waals surface area contributed by atoms with Crippen molar-refractivity contribution >= 4 is 23.4 Å². The molecule has 1 heterocycles. The topological polar surface area (TPSA) is 105 Å². The summed E-state index contributed by atoms with van der Waals surface area (Å²) in [4.78, 5) is 25.2. The molecule has 2 rings (SSSR count). The number of nitrogens with zero attached hydrogens (tertiary/aromatic N) is 2. The average Bonchev–Trinajstić information content (AvgIpc) is 2.61. The van der Waals surface area contributed by atoms with Crippen molar-refractivity contribution in [3.8, 4) is 0 Å². The number of aliphatic hydroxyl groups excluding tert-OH is 1. The van der Waals surface area contributed by atoms with Crippen LogP contribution >= 0.6 is 11.8 Å². The van der Waals surface area contributed by atoms with E-state index in [2.05, 4.69) is 10.2 Å². The number of thioether (sulfide) groups is 1. The van der Waals surface area contributed by atoms with Crippen molar-refractivity contribution in [2.45, 2.75) is 23.2 Å². The van der Waals surface area contributed by atoms with E-state index in [4.69, 9.17) is 4.74 Å². The second-order valence-electron chi connectivity index (χ2n) is 5.82. The Labute approximate surface area is 150 Å². The number of hydrogen-bond acceptors (Lipinski definition) is 7. The van der Waals surface area contributed by atoms with Gasteiger partial charge in [-0.15, -0.1) is 11.8 Å². The zero-order valence-corrected chi connectivity index (χ0v) is 14.9. The Morgan fingerprint density at radius 3 is 2.64 bits per heavy atom. The highest BCUT2D eigenvalue weighted by Crippen LogP contribution is 2.25. The Morgan fingerprint density at radius 2 is 2.04 bits per heavy atom. The fourth-order valence-corrected chi connectivity index (χ4v) is 3.30. The van der Waals surface area contributed by atoms with Crippen molar-refractivity contribution < 1.29 is 19.6 Å². The molecule has 1 saturated heterocycles. The highest BCUT2D eigenvalue weighted by Gasteiger charge is 2.18. The zero-order valence-electron chi connectivity index (χ0n) is 14.1. The highest BCUT2D eigenvalue weighted by molar-refractivity contribution is 8.00. The summed E-state index contributed by atoms with van der Waals surface area (Å²) in [6, 6.07) is 6.08. The first kappa shape index (κ1) is 19.6. The number of benzene rings is 1. The van der Waals surface area contributed by atoms with Crippen LogP contribution in [0.4, 0.5) is 5.69 Å². The van der Waals surface area contributed by atoms with Crippen LogP contribution in [-0.2, 0) is 9.53 Å². The van der Waals surface area contributed by atoms with Gasteiger partial charge in [0.2, 0.25) is 5.91 Å². The summed E-state index contributed by atoms with van der Waals surface area (Å²) in [6.45, 7) is 5.38. The van der Waals surface area contributed by atoms with Gasteiger partial charge in [0.25, 0.3) is 5.69 Å². The summed E-state index contributed by atoms with van der Waals surface area (Å²) >= 11 is 1.32. The first-order valence-corrected chi connectivity index (χ1v) is 9.00. The second kappa shape index (κ2) is 9.71. The molecule has 0 spiro atoms. The Morgan fingerprint density at radius 1 is 1.40 bits per heavy atom. The van der Waals surface area contributed by atoms with Crippen molar-refractivity contribution in [1.29, 1.82) is 0 Å². The SMILES string of the molecule is C[C@H](Sc1ccc([N+](=O)[O-])cc1)C(=O)NC[C@@H](O)CN1CCOCC1. The minimum atomic E-state index is -0.626. The molecule has 1 amide bonds. The van der Waals surface area contributed by atoms with E-state index in [0.29, 0.717) is 19.8 Å². The summed E-state index contributed by atoms with van der Waals surface area (Å²) < 4.78 is 5.25. The molecule has 0 unspecified atom stereocenters. The van der Waals surface area contributed by atoms with Gasteiger partial charge in [0.1, 0.15) is 0 Å². The maximum Gasteiger partial charge on any atom is 0.269 e. The monoisotopic (exact) mass is 369 g/mol. The summed E-state index contributed by atoms with van der Waals surface area (Å²) in [5.41, 5.74) is 0.0210. The molecule has 1 fully saturated rings. The van der Waals surface area contributed by atoms with E-state index in [9.17, 15) is 20.0 Å². The lowest BCUT2D eigenvalue weighted by atomic mass is 10.3. The lowest BCUT2D eigenvalue weighted by Crippen LogP contribution is -2.45. The molecule has 25 heavy (non-hydrogen) atoms. The maximum atomic E-state index is 12.1. The van der Waals surface area contributed by atoms with Gasteiger partial charge < -0.3 is 15.2 Å². The minimum absolute atomic E-state index is 0.0210. The molecule has 0 bridgehead atoms. The van der Waals surface area contributed by atoms with Crippen LogP contribution in [0.25, 0.3) is 0 Å². The predicted octanol–water partition coefficient (Wildman–Crippen LogP) is 0.885. The second-order valence-corrected chi connectivity index (χ2v) is 7.24. The van der Waals surface area contributed by atoms with E-state index < -0.39 is 11.0 Å². The van der Waals surface area contributed by atoms with Gasteiger partial charge in [-0.05, 0) is 19.1 Å². The largest absolute Gasteiger partial charge is 0.390 e. The molecule has 9 heteroatoms. The molecule has 1 aliphatic rings. The Kier molecular flexibility index (Phi) is 7.63. The number of nitrogens with one attached hydrogen (secondary N) is 1. The number of ether oxygens (including phenoxy) is 1. The third-order valence-corrected chi connectivity index (χ3v) is 4.93. The molecule has 2 atom stereocenters. The summed E-state index contributed by atoms with van der Waals surface area (Å²) in [6.07, 6.45) is -0.626. The maximum absolute atomic E-state index is 12.1. The van der Waals surface area contributed by atoms with Crippen molar-refractivity contribution in [2.24, 2.45) is 0 Å². The molecular formula is C16H23N3O5S. The van der Waals surface area contributed by atoms with Crippen molar-refractivity contribution in [2.75, 3.05) is 39.4 Å². The molecule has 138 valence electrons. The third-order valence-electron chi connectivity index (χ3n) is 3.81. The van der Waals surface area contributed by atoms with Gasteiger partial charge in [-0.25, -0.2) is 0 Å². The van der Waals surface area contributed by atoms with Crippen LogP contribution in [0, 0.1) is 10.1 Å². The Balaban J connectivity index is 1.72. The molecule has 1 aliphatic heterocycles. The number of amides is 1. The molecular weight excluding hydrogens is 346 g/mol. The fraction of sp³-hybridized carbons (Fsp3) is 0.562. The third kappa shape index (κ3) is 6.62.